The summed E-state index contributed by atoms with van der Waals surface area (Å²) >= 11 is 6.13. The van der Waals surface area contributed by atoms with E-state index in [-0.39, 0.29) is 43.8 Å². The maximum absolute atomic E-state index is 13.8. The summed E-state index contributed by atoms with van der Waals surface area (Å²) in [6.07, 6.45) is 2.95. The molecule has 41 heavy (non-hydrogen) atoms. The Morgan fingerprint density at radius 1 is 0.951 bits per heavy atom. The molecule has 0 unspecified atom stereocenters. The third-order valence-corrected chi connectivity index (χ3v) is 6.99. The highest BCUT2D eigenvalue weighted by molar-refractivity contribution is 6.31. The van der Waals surface area contributed by atoms with Gasteiger partial charge in [0.15, 0.2) is 16.9 Å². The Morgan fingerprint density at radius 3 is 2.56 bits per heavy atom. The van der Waals surface area contributed by atoms with Crippen LogP contribution in [0.5, 0.6) is 11.5 Å². The van der Waals surface area contributed by atoms with E-state index in [9.17, 15) is 14.4 Å². The van der Waals surface area contributed by atoms with Crippen LogP contribution < -0.4 is 20.2 Å². The smallest absolute Gasteiger partial charge is 0.322 e. The SMILES string of the molecule is CCCCN(CC(=O)N(Cc1ccc2c(c1)OCO2)Cc1coc2ccc(Cl)cc2c1=O)C(=O)Nc1ccccc1. The van der Waals surface area contributed by atoms with E-state index in [0.717, 1.165) is 18.4 Å². The van der Waals surface area contributed by atoms with Crippen LogP contribution in [0.15, 0.2) is 82.2 Å². The molecule has 0 aliphatic carbocycles. The van der Waals surface area contributed by atoms with E-state index in [0.29, 0.717) is 45.3 Å². The Balaban J connectivity index is 1.42. The highest BCUT2D eigenvalue weighted by Gasteiger charge is 2.24. The first-order valence-corrected chi connectivity index (χ1v) is 13.8. The monoisotopic (exact) mass is 575 g/mol. The number of rotatable bonds is 10. The highest BCUT2D eigenvalue weighted by Crippen LogP contribution is 2.33. The zero-order valence-corrected chi connectivity index (χ0v) is 23.4. The Kier molecular flexibility index (Phi) is 8.74. The van der Waals surface area contributed by atoms with E-state index >= 15 is 0 Å². The fraction of sp³-hybridized carbons (Fsp3) is 0.258. The molecule has 0 spiro atoms. The average molecular weight is 576 g/mol. The van der Waals surface area contributed by atoms with Crippen molar-refractivity contribution >= 4 is 40.2 Å². The zero-order chi connectivity index (χ0) is 28.8. The lowest BCUT2D eigenvalue weighted by Gasteiger charge is -2.28. The summed E-state index contributed by atoms with van der Waals surface area (Å²) in [6, 6.07) is 19.0. The number of nitrogens with one attached hydrogen (secondary N) is 1. The molecule has 0 saturated heterocycles. The number of amides is 3. The van der Waals surface area contributed by atoms with Gasteiger partial charge in [-0.05, 0) is 54.4 Å². The van der Waals surface area contributed by atoms with E-state index in [1.807, 2.05) is 37.3 Å². The predicted octanol–water partition coefficient (Wildman–Crippen LogP) is 6.04. The lowest BCUT2D eigenvalue weighted by atomic mass is 10.1. The van der Waals surface area contributed by atoms with Crippen molar-refractivity contribution in [2.24, 2.45) is 0 Å². The summed E-state index contributed by atoms with van der Waals surface area (Å²) < 4.78 is 16.6. The zero-order valence-electron chi connectivity index (χ0n) is 22.6. The molecule has 0 fully saturated rings. The van der Waals surface area contributed by atoms with Crippen LogP contribution in [0, 0.1) is 0 Å². The molecule has 1 aliphatic heterocycles. The number of ether oxygens (including phenoxy) is 2. The molecule has 0 radical (unpaired) electrons. The van der Waals surface area contributed by atoms with Gasteiger partial charge in [0, 0.05) is 23.8 Å². The first-order chi connectivity index (χ1) is 19.9. The molecular formula is C31H30ClN3O6. The van der Waals surface area contributed by atoms with Gasteiger partial charge in [-0.1, -0.05) is 49.2 Å². The lowest BCUT2D eigenvalue weighted by Crippen LogP contribution is -2.44. The number of urea groups is 1. The minimum absolute atomic E-state index is 0.0278. The molecule has 10 heteroatoms. The topological polar surface area (TPSA) is 101 Å². The number of hydrogen-bond acceptors (Lipinski definition) is 6. The molecule has 1 aliphatic rings. The maximum atomic E-state index is 13.8. The summed E-state index contributed by atoms with van der Waals surface area (Å²) in [5, 5.41) is 3.61. The number of carbonyl (C=O) groups excluding carboxylic acids is 2. The number of carbonyl (C=O) groups is 2. The normalized spacial score (nSPS) is 11.9. The van der Waals surface area contributed by atoms with E-state index in [1.54, 1.807) is 36.4 Å². The Labute approximate surface area is 242 Å². The highest BCUT2D eigenvalue weighted by atomic mass is 35.5. The first kappa shape index (κ1) is 28.0. The van der Waals surface area contributed by atoms with Crippen LogP contribution >= 0.6 is 11.6 Å². The fourth-order valence-electron chi connectivity index (χ4n) is 4.54. The van der Waals surface area contributed by atoms with E-state index in [2.05, 4.69) is 5.32 Å². The van der Waals surface area contributed by atoms with Gasteiger partial charge in [-0.25, -0.2) is 4.79 Å². The van der Waals surface area contributed by atoms with Crippen molar-refractivity contribution in [1.82, 2.24) is 9.80 Å². The summed E-state index contributed by atoms with van der Waals surface area (Å²) in [4.78, 5) is 43.4. The fourth-order valence-corrected chi connectivity index (χ4v) is 4.71. The number of unbranched alkanes of at least 4 members (excludes halogenated alkanes) is 1. The average Bonchev–Trinajstić information content (AvgIpc) is 3.45. The number of benzene rings is 3. The van der Waals surface area contributed by atoms with Crippen molar-refractivity contribution in [3.8, 4) is 11.5 Å². The van der Waals surface area contributed by atoms with Crippen LogP contribution in [-0.2, 0) is 17.9 Å². The van der Waals surface area contributed by atoms with Crippen molar-refractivity contribution < 1.29 is 23.5 Å². The molecule has 0 saturated carbocycles. The summed E-state index contributed by atoms with van der Waals surface area (Å²) in [5.74, 6) is 0.885. The summed E-state index contributed by atoms with van der Waals surface area (Å²) in [6.45, 7) is 2.52. The standard InChI is InChI=1S/C31H30ClN3O6/c1-2-3-13-34(31(38)33-24-7-5-4-6-8-24)18-29(36)35(16-21-9-11-27-28(14-21)41-20-40-27)17-22-19-39-26-12-10-23(32)15-25(26)30(22)37/h4-12,14-15,19H,2-3,13,16-18,20H2,1H3,(H,33,38). The number of anilines is 1. The molecule has 212 valence electrons. The number of nitrogens with zero attached hydrogens (tertiary/aromatic N) is 2. The largest absolute Gasteiger partial charge is 0.464 e. The lowest BCUT2D eigenvalue weighted by molar-refractivity contribution is -0.133. The number of fused-ring (bicyclic) bond motifs is 2. The molecular weight excluding hydrogens is 546 g/mol. The van der Waals surface area contributed by atoms with Crippen LogP contribution in [0.4, 0.5) is 10.5 Å². The molecule has 2 heterocycles. The molecule has 0 bridgehead atoms. The molecule has 1 aromatic heterocycles. The van der Waals surface area contributed by atoms with Crippen molar-refractivity contribution in [3.05, 3.63) is 99.4 Å². The predicted molar refractivity (Wildman–Crippen MR) is 156 cm³/mol. The van der Waals surface area contributed by atoms with E-state index in [1.165, 1.54) is 16.1 Å². The van der Waals surface area contributed by atoms with Crippen LogP contribution in [0.1, 0.15) is 30.9 Å². The molecule has 9 nitrogen and oxygen atoms in total. The number of para-hydroxylation sites is 1. The molecule has 5 rings (SSSR count). The van der Waals surface area contributed by atoms with Crippen LogP contribution in [0.2, 0.25) is 5.02 Å². The Hall–Kier alpha value is -4.50. The van der Waals surface area contributed by atoms with Gasteiger partial charge in [-0.15, -0.1) is 0 Å². The minimum Gasteiger partial charge on any atom is -0.464 e. The van der Waals surface area contributed by atoms with Crippen molar-refractivity contribution in [2.45, 2.75) is 32.9 Å². The third-order valence-electron chi connectivity index (χ3n) is 6.75. The van der Waals surface area contributed by atoms with Gasteiger partial charge in [0.1, 0.15) is 12.1 Å². The van der Waals surface area contributed by atoms with Crippen LogP contribution in [0.25, 0.3) is 11.0 Å². The van der Waals surface area contributed by atoms with Crippen molar-refractivity contribution in [2.75, 3.05) is 25.2 Å². The Morgan fingerprint density at radius 2 is 1.76 bits per heavy atom. The minimum atomic E-state index is -0.374. The van der Waals surface area contributed by atoms with Crippen molar-refractivity contribution in [1.29, 1.82) is 0 Å². The number of halogens is 1. The van der Waals surface area contributed by atoms with Crippen molar-refractivity contribution in [3.63, 3.8) is 0 Å². The second-order valence-corrected chi connectivity index (χ2v) is 10.2. The van der Waals surface area contributed by atoms with Gasteiger partial charge in [0.05, 0.1) is 23.8 Å². The van der Waals surface area contributed by atoms with Crippen LogP contribution in [0.3, 0.4) is 0 Å². The van der Waals surface area contributed by atoms with E-state index in [4.69, 9.17) is 25.5 Å². The molecule has 0 atom stereocenters. The van der Waals surface area contributed by atoms with Gasteiger partial charge in [0.25, 0.3) is 0 Å². The second kappa shape index (κ2) is 12.8. The van der Waals surface area contributed by atoms with Gasteiger partial charge in [-0.2, -0.15) is 0 Å². The summed E-state index contributed by atoms with van der Waals surface area (Å²) in [7, 11) is 0. The first-order valence-electron chi connectivity index (χ1n) is 13.4. The van der Waals surface area contributed by atoms with Gasteiger partial charge in [0.2, 0.25) is 12.7 Å². The number of hydrogen-bond donors (Lipinski definition) is 1. The third kappa shape index (κ3) is 6.81. The van der Waals surface area contributed by atoms with Gasteiger partial charge >= 0.3 is 6.03 Å². The van der Waals surface area contributed by atoms with Gasteiger partial charge in [-0.3, -0.25) is 9.59 Å². The maximum Gasteiger partial charge on any atom is 0.322 e. The molecule has 3 aromatic carbocycles. The van der Waals surface area contributed by atoms with E-state index < -0.39 is 0 Å². The molecule has 1 N–H and O–H groups in total. The molecule has 4 aromatic rings. The quantitative estimate of drug-likeness (QED) is 0.247. The van der Waals surface area contributed by atoms with Gasteiger partial charge < -0.3 is 29.0 Å². The molecule has 3 amide bonds. The Bertz CT molecular complexity index is 1610. The second-order valence-electron chi connectivity index (χ2n) is 9.74. The van der Waals surface area contributed by atoms with Crippen LogP contribution in [-0.4, -0.2) is 41.6 Å². The summed E-state index contributed by atoms with van der Waals surface area (Å²) in [5.41, 5.74) is 1.84.